The molecule has 0 amide bonds. The van der Waals surface area contributed by atoms with Crippen molar-refractivity contribution in [1.82, 2.24) is 0 Å². The van der Waals surface area contributed by atoms with Gasteiger partial charge in [-0.05, 0) is 49.2 Å². The summed E-state index contributed by atoms with van der Waals surface area (Å²) in [4.78, 5) is 0. The Morgan fingerprint density at radius 3 is 2.52 bits per heavy atom. The van der Waals surface area contributed by atoms with Gasteiger partial charge in [0.05, 0.1) is 6.61 Å². The number of unbranched alkanes of at least 4 members (excludes halogenated alkanes) is 3. The molecule has 0 bridgehead atoms. The number of ether oxygens (including phenoxy) is 1. The van der Waals surface area contributed by atoms with Crippen LogP contribution in [-0.2, 0) is 6.42 Å². The van der Waals surface area contributed by atoms with Crippen molar-refractivity contribution in [2.45, 2.75) is 32.1 Å². The monoisotopic (exact) mass is 328 g/mol. The highest BCUT2D eigenvalue weighted by molar-refractivity contribution is 7.80. The zero-order valence-corrected chi connectivity index (χ0v) is 14.1. The molecule has 0 atom stereocenters. The van der Waals surface area contributed by atoms with Gasteiger partial charge in [-0.15, -0.1) is 0 Å². The van der Waals surface area contributed by atoms with Crippen LogP contribution in [0.3, 0.4) is 0 Å². The maximum absolute atomic E-state index is 5.77. The number of benzene rings is 2. The van der Waals surface area contributed by atoms with Gasteiger partial charge in [-0.2, -0.15) is 0 Å². The molecule has 0 spiro atoms. The van der Waals surface area contributed by atoms with Crippen LogP contribution < -0.4 is 15.8 Å². The minimum atomic E-state index is 0.264. The molecule has 23 heavy (non-hydrogen) atoms. The van der Waals surface area contributed by atoms with Crippen molar-refractivity contribution in [2.24, 2.45) is 5.73 Å². The molecule has 0 saturated heterocycles. The van der Waals surface area contributed by atoms with E-state index in [0.717, 1.165) is 30.9 Å². The minimum absolute atomic E-state index is 0.264. The lowest BCUT2D eigenvalue weighted by molar-refractivity contribution is 0.305. The molecule has 4 heteroatoms. The molecule has 122 valence electrons. The minimum Gasteiger partial charge on any atom is -0.494 e. The maximum atomic E-state index is 5.77. The van der Waals surface area contributed by atoms with E-state index in [4.69, 9.17) is 22.7 Å². The second-order valence-electron chi connectivity index (χ2n) is 5.52. The van der Waals surface area contributed by atoms with Crippen molar-refractivity contribution in [3.63, 3.8) is 0 Å². The Kier molecular flexibility index (Phi) is 7.40. The molecule has 3 N–H and O–H groups in total. The van der Waals surface area contributed by atoms with Gasteiger partial charge in [0, 0.05) is 11.8 Å². The van der Waals surface area contributed by atoms with Crippen molar-refractivity contribution in [2.75, 3.05) is 11.9 Å². The first-order chi connectivity index (χ1) is 11.2. The van der Waals surface area contributed by atoms with Crippen LogP contribution in [0.5, 0.6) is 5.75 Å². The van der Waals surface area contributed by atoms with Crippen LogP contribution in [0.25, 0.3) is 0 Å². The van der Waals surface area contributed by atoms with E-state index in [9.17, 15) is 0 Å². The topological polar surface area (TPSA) is 47.3 Å². The van der Waals surface area contributed by atoms with E-state index in [1.807, 2.05) is 24.3 Å². The molecule has 0 radical (unpaired) electrons. The third-order valence-electron chi connectivity index (χ3n) is 3.57. The van der Waals surface area contributed by atoms with Crippen molar-refractivity contribution >= 4 is 23.0 Å². The molecular formula is C19H24N2OS. The largest absolute Gasteiger partial charge is 0.494 e. The highest BCUT2D eigenvalue weighted by Gasteiger charge is 1.98. The fourth-order valence-corrected chi connectivity index (χ4v) is 2.54. The van der Waals surface area contributed by atoms with Crippen LogP contribution >= 0.6 is 12.2 Å². The van der Waals surface area contributed by atoms with Crippen LogP contribution in [0.4, 0.5) is 5.69 Å². The number of nitrogens with two attached hydrogens (primary N) is 1. The van der Waals surface area contributed by atoms with Gasteiger partial charge in [-0.1, -0.05) is 49.2 Å². The van der Waals surface area contributed by atoms with E-state index >= 15 is 0 Å². The Labute approximate surface area is 143 Å². The van der Waals surface area contributed by atoms with Crippen molar-refractivity contribution in [1.29, 1.82) is 0 Å². The molecule has 0 fully saturated rings. The third kappa shape index (κ3) is 7.15. The number of hydrogen-bond donors (Lipinski definition) is 2. The van der Waals surface area contributed by atoms with Crippen LogP contribution in [-0.4, -0.2) is 11.7 Å². The molecule has 2 aromatic carbocycles. The van der Waals surface area contributed by atoms with E-state index < -0.39 is 0 Å². The van der Waals surface area contributed by atoms with Gasteiger partial charge in [-0.3, -0.25) is 0 Å². The van der Waals surface area contributed by atoms with E-state index in [1.54, 1.807) is 0 Å². The average molecular weight is 328 g/mol. The molecule has 0 aromatic heterocycles. The number of thiocarbonyl (C=S) groups is 1. The predicted octanol–water partition coefficient (Wildman–Crippen LogP) is 4.52. The summed E-state index contributed by atoms with van der Waals surface area (Å²) in [5, 5.41) is 3.17. The van der Waals surface area contributed by atoms with Gasteiger partial charge in [0.2, 0.25) is 0 Å². The van der Waals surface area contributed by atoms with E-state index in [1.165, 1.54) is 24.8 Å². The van der Waals surface area contributed by atoms with E-state index in [2.05, 4.69) is 35.6 Å². The molecule has 0 aliphatic rings. The first-order valence-corrected chi connectivity index (χ1v) is 8.48. The Hall–Kier alpha value is -2.07. The quantitative estimate of drug-likeness (QED) is 0.525. The number of hydrogen-bond acceptors (Lipinski definition) is 2. The SMILES string of the molecule is NC(=S)Nc1cccc(OCCCCCCc2ccccc2)c1. The number of aryl methyl sites for hydroxylation is 1. The number of rotatable bonds is 9. The lowest BCUT2D eigenvalue weighted by Crippen LogP contribution is -2.18. The Morgan fingerprint density at radius 2 is 1.74 bits per heavy atom. The standard InChI is InChI=1S/C19H24N2OS/c20-19(23)21-17-12-8-13-18(15-17)22-14-7-2-1-4-9-16-10-5-3-6-11-16/h3,5-6,8,10-13,15H,1-2,4,7,9,14H2,(H3,20,21,23). The molecule has 0 aliphatic heterocycles. The molecule has 0 unspecified atom stereocenters. The summed E-state index contributed by atoms with van der Waals surface area (Å²) in [5.41, 5.74) is 7.75. The molecule has 0 saturated carbocycles. The molecule has 3 nitrogen and oxygen atoms in total. The lowest BCUT2D eigenvalue weighted by Gasteiger charge is -2.09. The molecule has 2 rings (SSSR count). The van der Waals surface area contributed by atoms with Crippen molar-refractivity contribution in [3.05, 3.63) is 60.2 Å². The Bertz CT molecular complexity index is 601. The predicted molar refractivity (Wildman–Crippen MR) is 101 cm³/mol. The van der Waals surface area contributed by atoms with E-state index in [0.29, 0.717) is 0 Å². The second-order valence-corrected chi connectivity index (χ2v) is 5.96. The summed E-state index contributed by atoms with van der Waals surface area (Å²) in [7, 11) is 0. The number of nitrogens with one attached hydrogen (secondary N) is 1. The fraction of sp³-hybridized carbons (Fsp3) is 0.316. The van der Waals surface area contributed by atoms with Gasteiger partial charge < -0.3 is 15.8 Å². The third-order valence-corrected chi connectivity index (χ3v) is 3.67. The summed E-state index contributed by atoms with van der Waals surface area (Å²) >= 11 is 4.83. The first kappa shape index (κ1) is 17.3. The van der Waals surface area contributed by atoms with Crippen molar-refractivity contribution < 1.29 is 4.74 Å². The average Bonchev–Trinajstić information content (AvgIpc) is 2.55. The smallest absolute Gasteiger partial charge is 0.168 e. The zero-order valence-electron chi connectivity index (χ0n) is 13.3. The van der Waals surface area contributed by atoms with Crippen molar-refractivity contribution in [3.8, 4) is 5.75 Å². The van der Waals surface area contributed by atoms with Gasteiger partial charge in [0.15, 0.2) is 5.11 Å². The van der Waals surface area contributed by atoms with Crippen LogP contribution in [0.15, 0.2) is 54.6 Å². The second kappa shape index (κ2) is 9.85. The molecule has 0 aliphatic carbocycles. The number of anilines is 1. The molecular weight excluding hydrogens is 304 g/mol. The zero-order chi connectivity index (χ0) is 16.3. The van der Waals surface area contributed by atoms with Gasteiger partial charge in [0.1, 0.15) is 5.75 Å². The summed E-state index contributed by atoms with van der Waals surface area (Å²) in [6.45, 7) is 0.738. The van der Waals surface area contributed by atoms with Crippen LogP contribution in [0.1, 0.15) is 31.2 Å². The Morgan fingerprint density at radius 1 is 0.957 bits per heavy atom. The summed E-state index contributed by atoms with van der Waals surface area (Å²) in [6.07, 6.45) is 5.90. The highest BCUT2D eigenvalue weighted by atomic mass is 32.1. The molecule has 0 heterocycles. The highest BCUT2D eigenvalue weighted by Crippen LogP contribution is 2.17. The lowest BCUT2D eigenvalue weighted by atomic mass is 10.1. The summed E-state index contributed by atoms with van der Waals surface area (Å²) < 4.78 is 5.77. The van der Waals surface area contributed by atoms with Gasteiger partial charge in [0.25, 0.3) is 0 Å². The van der Waals surface area contributed by atoms with E-state index in [-0.39, 0.29) is 5.11 Å². The fourth-order valence-electron chi connectivity index (χ4n) is 2.43. The summed E-state index contributed by atoms with van der Waals surface area (Å²) in [6, 6.07) is 18.3. The van der Waals surface area contributed by atoms with Crippen LogP contribution in [0.2, 0.25) is 0 Å². The van der Waals surface area contributed by atoms with Gasteiger partial charge in [-0.25, -0.2) is 0 Å². The van der Waals surface area contributed by atoms with Crippen LogP contribution in [0, 0.1) is 0 Å². The van der Waals surface area contributed by atoms with Gasteiger partial charge >= 0.3 is 0 Å². The molecule has 2 aromatic rings. The summed E-state index contributed by atoms with van der Waals surface area (Å²) in [5.74, 6) is 0.843. The Balaban J connectivity index is 1.57. The maximum Gasteiger partial charge on any atom is 0.168 e. The normalized spacial score (nSPS) is 10.3. The first-order valence-electron chi connectivity index (χ1n) is 8.07.